The molecule has 0 saturated carbocycles. The lowest BCUT2D eigenvalue weighted by atomic mass is 10.0. The molecule has 0 spiro atoms. The minimum absolute atomic E-state index is 0.0933. The van der Waals surface area contributed by atoms with Crippen LogP contribution in [-0.4, -0.2) is 16.1 Å². The molecule has 2 aromatic heterocycles. The molecular weight excluding hydrogens is 449 g/mol. The van der Waals surface area contributed by atoms with Gasteiger partial charge in [-0.3, -0.25) is 4.79 Å². The molecule has 0 bridgehead atoms. The highest BCUT2D eigenvalue weighted by Crippen LogP contribution is 2.33. The molecule has 2 heterocycles. The lowest BCUT2D eigenvalue weighted by Crippen LogP contribution is -2.16. The van der Waals surface area contributed by atoms with E-state index in [1.807, 2.05) is 18.2 Å². The second-order valence-corrected chi connectivity index (χ2v) is 7.83. The predicted molar refractivity (Wildman–Crippen MR) is 121 cm³/mol. The van der Waals surface area contributed by atoms with Gasteiger partial charge in [-0.2, -0.15) is 13.2 Å². The fourth-order valence-electron chi connectivity index (χ4n) is 3.71. The number of pyridine rings is 1. The van der Waals surface area contributed by atoms with Crippen LogP contribution >= 0.6 is 0 Å². The number of fused-ring (bicyclic) bond motifs is 1. The van der Waals surface area contributed by atoms with E-state index in [1.165, 1.54) is 6.07 Å². The van der Waals surface area contributed by atoms with E-state index in [1.54, 1.807) is 38.1 Å². The minimum Gasteiger partial charge on any atom is -0.476 e. The number of rotatable bonds is 5. The Morgan fingerprint density at radius 2 is 1.79 bits per heavy atom. The van der Waals surface area contributed by atoms with Gasteiger partial charge < -0.3 is 14.8 Å². The van der Waals surface area contributed by atoms with E-state index in [9.17, 15) is 27.9 Å². The molecule has 9 heteroatoms. The lowest BCUT2D eigenvalue weighted by Gasteiger charge is -2.19. The van der Waals surface area contributed by atoms with Crippen molar-refractivity contribution in [2.24, 2.45) is 0 Å². The van der Waals surface area contributed by atoms with E-state index in [0.717, 1.165) is 11.6 Å². The summed E-state index contributed by atoms with van der Waals surface area (Å²) in [6.45, 7) is 3.48. The first-order valence-corrected chi connectivity index (χ1v) is 10.3. The van der Waals surface area contributed by atoms with E-state index in [2.05, 4.69) is 10.3 Å². The van der Waals surface area contributed by atoms with Crippen LogP contribution in [0.1, 0.15) is 40.3 Å². The van der Waals surface area contributed by atoms with Crippen molar-refractivity contribution in [1.29, 1.82) is 0 Å². The number of carboxylic acids is 1. The number of aromatic nitrogens is 1. The molecule has 0 fully saturated rings. The molecule has 1 atom stereocenters. The van der Waals surface area contributed by atoms with E-state index >= 15 is 0 Å². The number of halogens is 3. The van der Waals surface area contributed by atoms with Crippen LogP contribution in [0.25, 0.3) is 22.3 Å². The Morgan fingerprint density at radius 1 is 1.09 bits per heavy atom. The van der Waals surface area contributed by atoms with E-state index in [4.69, 9.17) is 4.42 Å². The first-order valence-electron chi connectivity index (χ1n) is 10.3. The second kappa shape index (κ2) is 8.66. The van der Waals surface area contributed by atoms with Crippen molar-refractivity contribution in [3.05, 3.63) is 93.4 Å². The Kier molecular flexibility index (Phi) is 5.87. The Bertz CT molecular complexity index is 1450. The number of anilines is 1. The summed E-state index contributed by atoms with van der Waals surface area (Å²) in [6.07, 6.45) is -4.78. The number of hydrogen-bond donors (Lipinski definition) is 2. The molecule has 0 aliphatic carbocycles. The lowest BCUT2D eigenvalue weighted by molar-refractivity contribution is -0.141. The third kappa shape index (κ3) is 4.50. The highest BCUT2D eigenvalue weighted by atomic mass is 19.4. The number of carboxylic acid groups (broad SMARTS) is 1. The van der Waals surface area contributed by atoms with Crippen LogP contribution in [0.3, 0.4) is 0 Å². The first kappa shape index (κ1) is 23.0. The van der Waals surface area contributed by atoms with Crippen LogP contribution in [0.4, 0.5) is 18.9 Å². The Morgan fingerprint density at radius 3 is 2.44 bits per heavy atom. The first-order chi connectivity index (χ1) is 16.0. The van der Waals surface area contributed by atoms with Crippen molar-refractivity contribution < 1.29 is 27.5 Å². The number of alkyl halides is 3. The maximum absolute atomic E-state index is 13.0. The van der Waals surface area contributed by atoms with Crippen LogP contribution < -0.4 is 10.7 Å². The van der Waals surface area contributed by atoms with Gasteiger partial charge >= 0.3 is 12.1 Å². The average molecular weight is 468 g/mol. The summed E-state index contributed by atoms with van der Waals surface area (Å²) in [6, 6.07) is 15.0. The second-order valence-electron chi connectivity index (χ2n) is 7.83. The van der Waals surface area contributed by atoms with Gasteiger partial charge in [0, 0.05) is 17.2 Å². The Balaban J connectivity index is 1.82. The summed E-state index contributed by atoms with van der Waals surface area (Å²) < 4.78 is 45.1. The average Bonchev–Trinajstić information content (AvgIpc) is 2.79. The quantitative estimate of drug-likeness (QED) is 0.370. The molecule has 2 aromatic carbocycles. The summed E-state index contributed by atoms with van der Waals surface area (Å²) in [4.78, 5) is 27.7. The summed E-state index contributed by atoms with van der Waals surface area (Å²) >= 11 is 0. The molecule has 0 aliphatic rings. The van der Waals surface area contributed by atoms with Crippen LogP contribution in [0.15, 0.2) is 69.9 Å². The van der Waals surface area contributed by atoms with Gasteiger partial charge in [-0.25, -0.2) is 9.78 Å². The zero-order chi connectivity index (χ0) is 24.6. The fourth-order valence-corrected chi connectivity index (χ4v) is 3.71. The molecule has 174 valence electrons. The number of nitrogens with one attached hydrogen (secondary N) is 1. The maximum Gasteiger partial charge on any atom is 0.433 e. The molecular formula is C25H19F3N2O4. The molecule has 0 unspecified atom stereocenters. The fraction of sp³-hybridized carbons (Fsp3) is 0.160. The molecule has 0 radical (unpaired) electrons. The normalized spacial score (nSPS) is 12.5. The SMILES string of the molecule is Cc1cc([C@@H](C)Nc2ccc(C(F)(F)F)nc2C(=O)O)c2oc(-c3ccccc3)cc(=O)c2c1. The van der Waals surface area contributed by atoms with Crippen molar-refractivity contribution in [3.63, 3.8) is 0 Å². The molecule has 6 nitrogen and oxygen atoms in total. The predicted octanol–water partition coefficient (Wildman–Crippen LogP) is 6.05. The van der Waals surface area contributed by atoms with Crippen LogP contribution in [-0.2, 0) is 6.18 Å². The highest BCUT2D eigenvalue weighted by molar-refractivity contribution is 5.92. The van der Waals surface area contributed by atoms with Gasteiger partial charge in [0.05, 0.1) is 17.1 Å². The van der Waals surface area contributed by atoms with Crippen molar-refractivity contribution in [3.8, 4) is 11.3 Å². The van der Waals surface area contributed by atoms with Gasteiger partial charge in [0.25, 0.3) is 0 Å². The van der Waals surface area contributed by atoms with Crippen molar-refractivity contribution in [2.75, 3.05) is 5.32 Å². The smallest absolute Gasteiger partial charge is 0.433 e. The van der Waals surface area contributed by atoms with Crippen molar-refractivity contribution in [2.45, 2.75) is 26.1 Å². The Hall–Kier alpha value is -4.14. The summed E-state index contributed by atoms with van der Waals surface area (Å²) in [5.74, 6) is -1.24. The number of benzene rings is 2. The zero-order valence-electron chi connectivity index (χ0n) is 18.1. The molecule has 0 aliphatic heterocycles. The zero-order valence-corrected chi connectivity index (χ0v) is 18.1. The standard InChI is InChI=1S/C25H19F3N2O4/c1-13-10-16(14(2)29-18-8-9-21(25(26,27)28)30-22(18)24(32)33)23-17(11-13)19(31)12-20(34-23)15-6-4-3-5-7-15/h3-12,14,29H,1-2H3,(H,32,33)/t14-/m1/s1. The molecule has 2 N–H and O–H groups in total. The molecule has 4 rings (SSSR count). The maximum atomic E-state index is 13.0. The van der Waals surface area contributed by atoms with E-state index < -0.39 is 29.6 Å². The summed E-state index contributed by atoms with van der Waals surface area (Å²) in [5.41, 5.74) is -0.0972. The molecule has 0 saturated heterocycles. The van der Waals surface area contributed by atoms with Gasteiger partial charge in [0.1, 0.15) is 17.0 Å². The van der Waals surface area contributed by atoms with Crippen LogP contribution in [0, 0.1) is 6.92 Å². The van der Waals surface area contributed by atoms with Gasteiger partial charge in [-0.15, -0.1) is 0 Å². The molecule has 4 aromatic rings. The van der Waals surface area contributed by atoms with Gasteiger partial charge in [-0.05, 0) is 37.6 Å². The van der Waals surface area contributed by atoms with Gasteiger partial charge in [-0.1, -0.05) is 36.4 Å². The van der Waals surface area contributed by atoms with Crippen LogP contribution in [0.2, 0.25) is 0 Å². The van der Waals surface area contributed by atoms with E-state index in [-0.39, 0.29) is 11.1 Å². The number of aromatic carboxylic acids is 1. The minimum atomic E-state index is -4.78. The van der Waals surface area contributed by atoms with E-state index in [0.29, 0.717) is 33.9 Å². The molecule has 0 amide bonds. The number of nitrogens with zero attached hydrogens (tertiary/aromatic N) is 1. The van der Waals surface area contributed by atoms with Crippen molar-refractivity contribution in [1.82, 2.24) is 4.98 Å². The number of aryl methyl sites for hydroxylation is 1. The van der Waals surface area contributed by atoms with Crippen molar-refractivity contribution >= 4 is 22.6 Å². The van der Waals surface area contributed by atoms with Gasteiger partial charge in [0.15, 0.2) is 11.1 Å². The third-order valence-corrected chi connectivity index (χ3v) is 5.29. The van der Waals surface area contributed by atoms with Gasteiger partial charge in [0.2, 0.25) is 0 Å². The topological polar surface area (TPSA) is 92.4 Å². The number of hydrogen-bond acceptors (Lipinski definition) is 5. The molecule has 34 heavy (non-hydrogen) atoms. The number of carbonyl (C=O) groups is 1. The van der Waals surface area contributed by atoms with Crippen LogP contribution in [0.5, 0.6) is 0 Å². The third-order valence-electron chi connectivity index (χ3n) is 5.29. The monoisotopic (exact) mass is 468 g/mol. The summed E-state index contributed by atoms with van der Waals surface area (Å²) in [5, 5.41) is 12.7. The largest absolute Gasteiger partial charge is 0.476 e. The Labute approximate surface area is 191 Å². The summed E-state index contributed by atoms with van der Waals surface area (Å²) in [7, 11) is 0. The highest BCUT2D eigenvalue weighted by Gasteiger charge is 2.34.